The van der Waals surface area contributed by atoms with E-state index in [1.807, 2.05) is 6.07 Å². The van der Waals surface area contributed by atoms with Crippen molar-refractivity contribution in [2.45, 2.75) is 18.4 Å². The normalized spacial score (nSPS) is 24.8. The number of hydrogen-bond acceptors (Lipinski definition) is 3. The van der Waals surface area contributed by atoms with Crippen LogP contribution in [0.25, 0.3) is 11.1 Å². The molecule has 1 saturated heterocycles. The predicted octanol–water partition coefficient (Wildman–Crippen LogP) is 3.15. The lowest BCUT2D eigenvalue weighted by molar-refractivity contribution is 0.295. The summed E-state index contributed by atoms with van der Waals surface area (Å²) in [7, 11) is 0. The molecule has 4 heteroatoms. The van der Waals surface area contributed by atoms with Gasteiger partial charge in [-0.3, -0.25) is 0 Å². The van der Waals surface area contributed by atoms with E-state index in [-0.39, 0.29) is 5.82 Å². The molecule has 2 aromatic carbocycles. The van der Waals surface area contributed by atoms with Crippen LogP contribution in [-0.4, -0.2) is 32.3 Å². The molecule has 5 rings (SSSR count). The number of nitrogens with zero attached hydrogens (tertiary/aromatic N) is 1. The molecule has 0 radical (unpaired) electrons. The average molecular weight is 310 g/mol. The third-order valence-corrected chi connectivity index (χ3v) is 5.38. The first kappa shape index (κ1) is 13.4. The Morgan fingerprint density at radius 2 is 2.13 bits per heavy atom. The molecule has 3 aliphatic rings. The minimum Gasteiger partial charge on any atom is -0.490 e. The van der Waals surface area contributed by atoms with Crippen LogP contribution in [0.4, 0.5) is 10.1 Å². The Labute approximate surface area is 135 Å². The number of halogens is 1. The minimum atomic E-state index is -0.198. The van der Waals surface area contributed by atoms with Crippen LogP contribution in [0.1, 0.15) is 17.9 Å². The molecule has 3 nitrogen and oxygen atoms in total. The highest BCUT2D eigenvalue weighted by Gasteiger charge is 2.43. The highest BCUT2D eigenvalue weighted by Crippen LogP contribution is 2.51. The second-order valence-corrected chi connectivity index (χ2v) is 6.63. The van der Waals surface area contributed by atoms with E-state index in [2.05, 4.69) is 22.3 Å². The maximum Gasteiger partial charge on any atom is 0.143 e. The summed E-state index contributed by atoms with van der Waals surface area (Å²) in [5.74, 6) is 1.27. The molecule has 118 valence electrons. The number of nitrogens with one attached hydrogen (secondary N) is 1. The highest BCUT2D eigenvalue weighted by atomic mass is 19.1. The van der Waals surface area contributed by atoms with Gasteiger partial charge in [0.1, 0.15) is 18.2 Å². The summed E-state index contributed by atoms with van der Waals surface area (Å²) < 4.78 is 19.6. The number of benzene rings is 2. The van der Waals surface area contributed by atoms with Gasteiger partial charge in [-0.25, -0.2) is 4.39 Å². The van der Waals surface area contributed by atoms with Crippen molar-refractivity contribution in [2.24, 2.45) is 0 Å². The molecule has 0 spiro atoms. The Bertz CT molecular complexity index is 776. The summed E-state index contributed by atoms with van der Waals surface area (Å²) in [6, 6.07) is 11.7. The van der Waals surface area contributed by atoms with Gasteiger partial charge in [-0.2, -0.15) is 0 Å². The van der Waals surface area contributed by atoms with E-state index in [0.717, 1.165) is 43.1 Å². The predicted molar refractivity (Wildman–Crippen MR) is 88.7 cm³/mol. The molecule has 0 bridgehead atoms. The Morgan fingerprint density at radius 3 is 3.04 bits per heavy atom. The molecule has 0 saturated carbocycles. The fourth-order valence-electron chi connectivity index (χ4n) is 4.40. The first-order valence-electron chi connectivity index (χ1n) is 8.35. The van der Waals surface area contributed by atoms with E-state index in [9.17, 15) is 4.39 Å². The average Bonchev–Trinajstić information content (AvgIpc) is 2.91. The second-order valence-electron chi connectivity index (χ2n) is 6.63. The summed E-state index contributed by atoms with van der Waals surface area (Å²) in [5, 5.41) is 3.52. The van der Waals surface area contributed by atoms with Gasteiger partial charge >= 0.3 is 0 Å². The van der Waals surface area contributed by atoms with E-state index >= 15 is 0 Å². The highest BCUT2D eigenvalue weighted by molar-refractivity contribution is 5.79. The third kappa shape index (κ3) is 1.98. The van der Waals surface area contributed by atoms with Crippen molar-refractivity contribution >= 4 is 5.69 Å². The zero-order valence-corrected chi connectivity index (χ0v) is 12.9. The molecule has 2 aromatic rings. The minimum absolute atomic E-state index is 0.198. The second kappa shape index (κ2) is 4.96. The molecule has 3 heterocycles. The van der Waals surface area contributed by atoms with Gasteiger partial charge in [0, 0.05) is 18.5 Å². The summed E-state index contributed by atoms with van der Waals surface area (Å²) in [4.78, 5) is 2.54. The lowest BCUT2D eigenvalue weighted by Crippen LogP contribution is -2.46. The maximum absolute atomic E-state index is 13.6. The van der Waals surface area contributed by atoms with Gasteiger partial charge in [0.25, 0.3) is 0 Å². The van der Waals surface area contributed by atoms with Crippen molar-refractivity contribution in [2.75, 3.05) is 31.1 Å². The third-order valence-electron chi connectivity index (χ3n) is 5.38. The first-order valence-corrected chi connectivity index (χ1v) is 8.35. The fraction of sp³-hybridized carbons (Fsp3) is 0.368. The van der Waals surface area contributed by atoms with Gasteiger partial charge in [-0.15, -0.1) is 0 Å². The van der Waals surface area contributed by atoms with Crippen LogP contribution in [0.5, 0.6) is 5.75 Å². The lowest BCUT2D eigenvalue weighted by atomic mass is 9.88. The summed E-state index contributed by atoms with van der Waals surface area (Å²) in [6.07, 6.45) is 1.17. The smallest absolute Gasteiger partial charge is 0.143 e. The molecular weight excluding hydrogens is 291 g/mol. The quantitative estimate of drug-likeness (QED) is 0.876. The largest absolute Gasteiger partial charge is 0.490 e. The molecular formula is C19H19FN2O. The van der Waals surface area contributed by atoms with Crippen molar-refractivity contribution in [3.05, 3.63) is 47.8 Å². The molecule has 0 unspecified atom stereocenters. The molecule has 3 aliphatic heterocycles. The van der Waals surface area contributed by atoms with E-state index in [1.165, 1.54) is 23.7 Å². The standard InChI is InChI=1S/C19H19FN2O/c20-14-3-1-2-12(8-14)13-9-15-16-11-21-5-4-17(16)22-6-7-23-18(10-13)19(15)22/h1-3,8-10,16-17,21H,4-7,11H2/t16-,17-/m0/s1. The summed E-state index contributed by atoms with van der Waals surface area (Å²) in [6.45, 7) is 3.80. The zero-order chi connectivity index (χ0) is 15.4. The lowest BCUT2D eigenvalue weighted by Gasteiger charge is -2.36. The van der Waals surface area contributed by atoms with Crippen molar-refractivity contribution in [3.63, 3.8) is 0 Å². The van der Waals surface area contributed by atoms with Crippen molar-refractivity contribution < 1.29 is 9.13 Å². The van der Waals surface area contributed by atoms with Gasteiger partial charge < -0.3 is 15.0 Å². The number of hydrogen-bond donors (Lipinski definition) is 1. The SMILES string of the molecule is Fc1cccc(-c2cc3c4c(c2)[C@@H]2CNCC[C@@H]2N4CCO3)c1. The van der Waals surface area contributed by atoms with Crippen LogP contribution in [0.15, 0.2) is 36.4 Å². The van der Waals surface area contributed by atoms with Gasteiger partial charge in [-0.05, 0) is 53.9 Å². The summed E-state index contributed by atoms with van der Waals surface area (Å²) >= 11 is 0. The first-order chi connectivity index (χ1) is 11.3. The topological polar surface area (TPSA) is 24.5 Å². The maximum atomic E-state index is 13.6. The van der Waals surface area contributed by atoms with Crippen molar-refractivity contribution in [1.29, 1.82) is 0 Å². The van der Waals surface area contributed by atoms with E-state index < -0.39 is 0 Å². The fourth-order valence-corrected chi connectivity index (χ4v) is 4.40. The van der Waals surface area contributed by atoms with Gasteiger partial charge in [0.05, 0.1) is 12.2 Å². The summed E-state index contributed by atoms with van der Waals surface area (Å²) in [5.41, 5.74) is 4.59. The van der Waals surface area contributed by atoms with E-state index in [4.69, 9.17) is 4.74 Å². The van der Waals surface area contributed by atoms with Crippen LogP contribution < -0.4 is 15.0 Å². The monoisotopic (exact) mass is 310 g/mol. The molecule has 1 fully saturated rings. The van der Waals surface area contributed by atoms with Gasteiger partial charge in [-0.1, -0.05) is 12.1 Å². The Morgan fingerprint density at radius 1 is 1.17 bits per heavy atom. The van der Waals surface area contributed by atoms with Crippen molar-refractivity contribution in [3.8, 4) is 16.9 Å². The zero-order valence-electron chi connectivity index (χ0n) is 12.9. The Kier molecular flexibility index (Phi) is 2.89. The van der Waals surface area contributed by atoms with Crippen LogP contribution in [0, 0.1) is 5.82 Å². The molecule has 2 atom stereocenters. The molecule has 23 heavy (non-hydrogen) atoms. The number of ether oxygens (including phenoxy) is 1. The Hall–Kier alpha value is -2.07. The van der Waals surface area contributed by atoms with E-state index in [0.29, 0.717) is 12.0 Å². The van der Waals surface area contributed by atoms with Crippen molar-refractivity contribution in [1.82, 2.24) is 5.32 Å². The number of fused-ring (bicyclic) bond motifs is 3. The molecule has 1 N–H and O–H groups in total. The molecule has 0 amide bonds. The van der Waals surface area contributed by atoms with Crippen LogP contribution >= 0.6 is 0 Å². The van der Waals surface area contributed by atoms with Crippen LogP contribution in [0.3, 0.4) is 0 Å². The molecule has 0 aliphatic carbocycles. The van der Waals surface area contributed by atoms with Gasteiger partial charge in [0.15, 0.2) is 0 Å². The van der Waals surface area contributed by atoms with E-state index in [1.54, 1.807) is 12.1 Å². The van der Waals surface area contributed by atoms with Crippen LogP contribution in [-0.2, 0) is 0 Å². The number of anilines is 1. The Balaban J connectivity index is 1.68. The molecule has 0 aromatic heterocycles. The van der Waals surface area contributed by atoms with Gasteiger partial charge in [0.2, 0.25) is 0 Å². The number of piperidine rings is 1. The number of rotatable bonds is 1. The van der Waals surface area contributed by atoms with Crippen LogP contribution in [0.2, 0.25) is 0 Å².